The van der Waals surface area contributed by atoms with Crippen molar-refractivity contribution in [2.45, 2.75) is 6.04 Å². The molecule has 33 heavy (non-hydrogen) atoms. The lowest BCUT2D eigenvalue weighted by molar-refractivity contribution is -0.384. The third-order valence-electron chi connectivity index (χ3n) is 5.68. The maximum Gasteiger partial charge on any atom is 0.270 e. The number of halogens is 2. The summed E-state index contributed by atoms with van der Waals surface area (Å²) in [6.45, 7) is 3.19. The van der Waals surface area contributed by atoms with Crippen molar-refractivity contribution in [2.24, 2.45) is 0 Å². The Morgan fingerprint density at radius 1 is 1.15 bits per heavy atom. The van der Waals surface area contributed by atoms with Crippen molar-refractivity contribution in [3.05, 3.63) is 93.1 Å². The molecule has 1 unspecified atom stereocenters. The van der Waals surface area contributed by atoms with Gasteiger partial charge in [0.1, 0.15) is 11.6 Å². The molecule has 3 aromatic rings. The lowest BCUT2D eigenvalue weighted by Gasteiger charge is -2.39. The van der Waals surface area contributed by atoms with Crippen LogP contribution in [0.15, 0.2) is 65.3 Å². The number of non-ortho nitro benzene ring substituents is 1. The normalized spacial score (nSPS) is 15.3. The maximum atomic E-state index is 13.2. The Hall–Kier alpha value is -3.43. The molecule has 1 aliphatic rings. The first kappa shape index (κ1) is 22.8. The summed E-state index contributed by atoms with van der Waals surface area (Å²) in [6.07, 6.45) is 1.59. The van der Waals surface area contributed by atoms with E-state index < -0.39 is 10.8 Å². The fourth-order valence-electron chi connectivity index (χ4n) is 3.92. The fourth-order valence-corrected chi connectivity index (χ4v) is 4.18. The number of carbonyl (C=O) groups excluding carboxylic acids is 1. The Morgan fingerprint density at radius 2 is 1.88 bits per heavy atom. The zero-order valence-electron chi connectivity index (χ0n) is 17.6. The summed E-state index contributed by atoms with van der Waals surface area (Å²) in [5.41, 5.74) is 0.956. The van der Waals surface area contributed by atoms with E-state index >= 15 is 0 Å². The molecule has 0 spiro atoms. The monoisotopic (exact) mass is 472 g/mol. The molecule has 0 saturated carbocycles. The quantitative estimate of drug-likeness (QED) is 0.408. The summed E-state index contributed by atoms with van der Waals surface area (Å²) in [4.78, 5) is 27.4. The summed E-state index contributed by atoms with van der Waals surface area (Å²) < 4.78 is 18.8. The Balaban J connectivity index is 1.42. The average Bonchev–Trinajstić information content (AvgIpc) is 3.34. The van der Waals surface area contributed by atoms with E-state index in [4.69, 9.17) is 16.0 Å². The van der Waals surface area contributed by atoms with Gasteiger partial charge in [0.15, 0.2) is 0 Å². The molecule has 1 saturated heterocycles. The van der Waals surface area contributed by atoms with Crippen molar-refractivity contribution >= 4 is 28.9 Å². The number of nitro groups is 1. The molecule has 1 atom stereocenters. The summed E-state index contributed by atoms with van der Waals surface area (Å²) in [7, 11) is 0. The van der Waals surface area contributed by atoms with Gasteiger partial charge in [0.05, 0.1) is 27.8 Å². The van der Waals surface area contributed by atoms with E-state index in [1.807, 2.05) is 6.07 Å². The number of benzene rings is 2. The van der Waals surface area contributed by atoms with E-state index in [1.165, 1.54) is 24.3 Å². The molecule has 0 bridgehead atoms. The molecule has 0 aliphatic carbocycles. The van der Waals surface area contributed by atoms with Crippen molar-refractivity contribution in [1.82, 2.24) is 10.2 Å². The number of furan rings is 1. The standard InChI is InChI=1S/C23H22ClFN4O4/c24-20-14-18(29(31)32)7-8-19(20)23(30)26-15-21(22-2-1-13-33-22)28-11-9-27(10-12-28)17-5-3-16(25)4-6-17/h1-8,13-14,21H,9-12,15H2,(H,26,30). The Bertz CT molecular complexity index is 1120. The van der Waals surface area contributed by atoms with E-state index in [0.29, 0.717) is 0 Å². The zero-order chi connectivity index (χ0) is 23.4. The predicted molar refractivity (Wildman–Crippen MR) is 122 cm³/mol. The van der Waals surface area contributed by atoms with E-state index in [0.717, 1.165) is 43.7 Å². The number of hydrogen-bond donors (Lipinski definition) is 1. The van der Waals surface area contributed by atoms with Gasteiger partial charge in [-0.1, -0.05) is 11.6 Å². The topological polar surface area (TPSA) is 91.9 Å². The van der Waals surface area contributed by atoms with Gasteiger partial charge in [-0.25, -0.2) is 4.39 Å². The van der Waals surface area contributed by atoms with Crippen LogP contribution in [0.1, 0.15) is 22.2 Å². The van der Waals surface area contributed by atoms with Gasteiger partial charge >= 0.3 is 0 Å². The van der Waals surface area contributed by atoms with Crippen molar-refractivity contribution in [2.75, 3.05) is 37.6 Å². The molecule has 8 nitrogen and oxygen atoms in total. The molecule has 0 radical (unpaired) electrons. The zero-order valence-corrected chi connectivity index (χ0v) is 18.4. The number of hydrogen-bond acceptors (Lipinski definition) is 6. The fraction of sp³-hybridized carbons (Fsp3) is 0.261. The summed E-state index contributed by atoms with van der Waals surface area (Å²) in [6, 6.07) is 13.7. The number of piperazine rings is 1. The molecule has 1 fully saturated rings. The average molecular weight is 473 g/mol. The summed E-state index contributed by atoms with van der Waals surface area (Å²) in [5.74, 6) is 0.0378. The molecular weight excluding hydrogens is 451 g/mol. The third kappa shape index (κ3) is 5.32. The third-order valence-corrected chi connectivity index (χ3v) is 6.00. The van der Waals surface area contributed by atoms with Crippen molar-refractivity contribution in [1.29, 1.82) is 0 Å². The van der Waals surface area contributed by atoms with E-state index in [1.54, 1.807) is 24.5 Å². The highest BCUT2D eigenvalue weighted by Gasteiger charge is 2.28. The van der Waals surface area contributed by atoms with Crippen LogP contribution in [0.4, 0.5) is 15.8 Å². The van der Waals surface area contributed by atoms with Crippen LogP contribution in [0.2, 0.25) is 5.02 Å². The minimum absolute atomic E-state index is 0.0177. The van der Waals surface area contributed by atoms with E-state index in [9.17, 15) is 19.3 Å². The summed E-state index contributed by atoms with van der Waals surface area (Å²) >= 11 is 6.09. The van der Waals surface area contributed by atoms with Gasteiger partial charge in [-0.3, -0.25) is 19.8 Å². The van der Waals surface area contributed by atoms with Gasteiger partial charge in [0, 0.05) is 50.5 Å². The SMILES string of the molecule is O=C(NCC(c1ccco1)N1CCN(c2ccc(F)cc2)CC1)c1ccc([N+](=O)[O-])cc1Cl. The van der Waals surface area contributed by atoms with Crippen LogP contribution in [-0.4, -0.2) is 48.5 Å². The maximum absolute atomic E-state index is 13.2. The van der Waals surface area contributed by atoms with Crippen LogP contribution in [0.5, 0.6) is 0 Å². The largest absolute Gasteiger partial charge is 0.468 e. The first-order valence-corrected chi connectivity index (χ1v) is 10.8. The number of nitrogens with zero attached hydrogens (tertiary/aromatic N) is 3. The predicted octanol–water partition coefficient (Wildman–Crippen LogP) is 4.27. The number of amides is 1. The molecule has 1 N–H and O–H groups in total. The molecule has 2 heterocycles. The van der Waals surface area contributed by atoms with Crippen LogP contribution in [-0.2, 0) is 0 Å². The number of nitro benzene ring substituents is 1. The van der Waals surface area contributed by atoms with Gasteiger partial charge < -0.3 is 14.6 Å². The van der Waals surface area contributed by atoms with Crippen molar-refractivity contribution < 1.29 is 18.5 Å². The minimum atomic E-state index is -0.563. The second kappa shape index (κ2) is 10.0. The highest BCUT2D eigenvalue weighted by molar-refractivity contribution is 6.34. The van der Waals surface area contributed by atoms with Gasteiger partial charge in [0.25, 0.3) is 11.6 Å². The van der Waals surface area contributed by atoms with Gasteiger partial charge in [0.2, 0.25) is 0 Å². The Kier molecular flexibility index (Phi) is 6.90. The molecule has 4 rings (SSSR count). The van der Waals surface area contributed by atoms with Crippen LogP contribution >= 0.6 is 11.6 Å². The first-order chi connectivity index (χ1) is 15.9. The van der Waals surface area contributed by atoms with Crippen molar-refractivity contribution in [3.8, 4) is 0 Å². The second-order valence-electron chi connectivity index (χ2n) is 7.66. The summed E-state index contributed by atoms with van der Waals surface area (Å²) in [5, 5.41) is 13.8. The van der Waals surface area contributed by atoms with Gasteiger partial charge in [-0.2, -0.15) is 0 Å². The molecule has 10 heteroatoms. The first-order valence-electron chi connectivity index (χ1n) is 10.4. The molecule has 1 amide bonds. The number of nitrogens with one attached hydrogen (secondary N) is 1. The highest BCUT2D eigenvalue weighted by Crippen LogP contribution is 2.26. The van der Waals surface area contributed by atoms with Crippen molar-refractivity contribution in [3.63, 3.8) is 0 Å². The number of rotatable bonds is 7. The molecule has 2 aromatic carbocycles. The highest BCUT2D eigenvalue weighted by atomic mass is 35.5. The van der Waals surface area contributed by atoms with Gasteiger partial charge in [-0.05, 0) is 42.5 Å². The van der Waals surface area contributed by atoms with Gasteiger partial charge in [-0.15, -0.1) is 0 Å². The number of carbonyl (C=O) groups is 1. The molecule has 1 aliphatic heterocycles. The van der Waals surface area contributed by atoms with E-state index in [2.05, 4.69) is 15.1 Å². The molecular formula is C23H22ClFN4O4. The minimum Gasteiger partial charge on any atom is -0.468 e. The Labute approximate surface area is 194 Å². The lowest BCUT2D eigenvalue weighted by Crippen LogP contribution is -2.49. The second-order valence-corrected chi connectivity index (χ2v) is 8.07. The lowest BCUT2D eigenvalue weighted by atomic mass is 10.1. The van der Waals surface area contributed by atoms with Crippen LogP contribution in [0.25, 0.3) is 0 Å². The Morgan fingerprint density at radius 3 is 2.48 bits per heavy atom. The smallest absolute Gasteiger partial charge is 0.270 e. The van der Waals surface area contributed by atoms with Crippen LogP contribution in [0.3, 0.4) is 0 Å². The molecule has 172 valence electrons. The van der Waals surface area contributed by atoms with E-state index in [-0.39, 0.29) is 34.7 Å². The number of anilines is 1. The molecule has 1 aromatic heterocycles. The van der Waals surface area contributed by atoms with Crippen LogP contribution < -0.4 is 10.2 Å². The van der Waals surface area contributed by atoms with Crippen LogP contribution in [0, 0.1) is 15.9 Å².